The van der Waals surface area contributed by atoms with Crippen molar-refractivity contribution >= 4 is 18.3 Å². The van der Waals surface area contributed by atoms with E-state index < -0.39 is 0 Å². The van der Waals surface area contributed by atoms with Crippen LogP contribution in [0, 0.1) is 0 Å². The maximum Gasteiger partial charge on any atom is 0.253 e. The van der Waals surface area contributed by atoms with E-state index >= 15 is 0 Å². The van der Waals surface area contributed by atoms with Crippen molar-refractivity contribution in [2.75, 3.05) is 20.1 Å². The summed E-state index contributed by atoms with van der Waals surface area (Å²) in [6.45, 7) is 1.59. The molecule has 1 aliphatic rings. The van der Waals surface area contributed by atoms with E-state index in [2.05, 4.69) is 15.5 Å². The van der Waals surface area contributed by atoms with Crippen molar-refractivity contribution in [2.45, 2.75) is 18.9 Å². The molecule has 2 aromatic rings. The van der Waals surface area contributed by atoms with Crippen LogP contribution in [0.2, 0.25) is 0 Å². The van der Waals surface area contributed by atoms with Gasteiger partial charge in [0, 0.05) is 30.3 Å². The van der Waals surface area contributed by atoms with Crippen molar-refractivity contribution in [3.63, 3.8) is 0 Å². The predicted octanol–water partition coefficient (Wildman–Crippen LogP) is 1.98. The minimum atomic E-state index is 0. The second-order valence-electron chi connectivity index (χ2n) is 5.21. The molecule has 1 atom stereocenters. The van der Waals surface area contributed by atoms with Gasteiger partial charge in [0.2, 0.25) is 12.2 Å². The molecule has 0 spiro atoms. The zero-order valence-electron chi connectivity index (χ0n) is 12.4. The Morgan fingerprint density at radius 3 is 2.77 bits per heavy atom. The second kappa shape index (κ2) is 7.38. The predicted molar refractivity (Wildman–Crippen MR) is 85.0 cm³/mol. The lowest BCUT2D eigenvalue weighted by Gasteiger charge is -2.32. The first-order valence-electron chi connectivity index (χ1n) is 7.11. The van der Waals surface area contributed by atoms with Crippen LogP contribution in [0.15, 0.2) is 35.2 Å². The number of likely N-dealkylation sites (tertiary alicyclic amines) is 1. The molecule has 6 nitrogen and oxygen atoms in total. The Morgan fingerprint density at radius 1 is 1.36 bits per heavy atom. The van der Waals surface area contributed by atoms with Crippen LogP contribution < -0.4 is 5.32 Å². The largest absolute Gasteiger partial charge is 0.342 e. The van der Waals surface area contributed by atoms with Gasteiger partial charge < -0.3 is 14.7 Å². The van der Waals surface area contributed by atoms with Gasteiger partial charge >= 0.3 is 0 Å². The summed E-state index contributed by atoms with van der Waals surface area (Å²) in [6, 6.07) is 7.71. The Kier molecular flexibility index (Phi) is 5.51. The lowest BCUT2D eigenvalue weighted by atomic mass is 10.0. The fraction of sp³-hybridized carbons (Fsp3) is 0.400. The summed E-state index contributed by atoms with van der Waals surface area (Å²) in [6.07, 6.45) is 3.45. The molecule has 0 saturated carbocycles. The summed E-state index contributed by atoms with van der Waals surface area (Å²) in [7, 11) is 1.94. The molecule has 2 heterocycles. The minimum absolute atomic E-state index is 0. The van der Waals surface area contributed by atoms with E-state index in [1.165, 1.54) is 6.39 Å². The Morgan fingerprint density at radius 2 is 2.14 bits per heavy atom. The number of carbonyl (C=O) groups excluding carboxylic acids is 1. The van der Waals surface area contributed by atoms with Crippen LogP contribution in [0.5, 0.6) is 0 Å². The van der Waals surface area contributed by atoms with Gasteiger partial charge in [-0.25, -0.2) is 0 Å². The molecule has 1 saturated heterocycles. The molecule has 1 fully saturated rings. The van der Waals surface area contributed by atoms with E-state index in [9.17, 15) is 4.79 Å². The molecule has 1 aromatic heterocycles. The third-order valence-corrected chi connectivity index (χ3v) is 3.87. The highest BCUT2D eigenvalue weighted by molar-refractivity contribution is 5.94. The minimum Gasteiger partial charge on any atom is -0.342 e. The number of nitrogens with one attached hydrogen (secondary N) is 1. The summed E-state index contributed by atoms with van der Waals surface area (Å²) in [5.74, 6) is 0.608. The average molecular weight is 323 g/mol. The van der Waals surface area contributed by atoms with E-state index in [1.54, 1.807) is 0 Å². The SMILES string of the molecule is CNC1CCCN(C(=O)c2ccc(-c3ncon3)cc2)C1.Cl. The first kappa shape index (κ1) is 16.5. The number of amides is 1. The fourth-order valence-corrected chi connectivity index (χ4v) is 2.64. The molecule has 0 bridgehead atoms. The van der Waals surface area contributed by atoms with Crippen LogP contribution >= 0.6 is 12.4 Å². The third-order valence-electron chi connectivity index (χ3n) is 3.87. The molecule has 118 valence electrons. The zero-order chi connectivity index (χ0) is 14.7. The Bertz CT molecular complexity index is 601. The van der Waals surface area contributed by atoms with Crippen molar-refractivity contribution < 1.29 is 9.32 Å². The maximum absolute atomic E-state index is 12.5. The normalized spacial score (nSPS) is 17.9. The first-order valence-corrected chi connectivity index (χ1v) is 7.11. The van der Waals surface area contributed by atoms with E-state index in [4.69, 9.17) is 4.52 Å². The highest BCUT2D eigenvalue weighted by Crippen LogP contribution is 2.18. The molecule has 3 rings (SSSR count). The van der Waals surface area contributed by atoms with Crippen molar-refractivity contribution in [1.82, 2.24) is 20.4 Å². The van der Waals surface area contributed by atoms with Crippen LogP contribution in [-0.4, -0.2) is 47.1 Å². The molecule has 22 heavy (non-hydrogen) atoms. The summed E-state index contributed by atoms with van der Waals surface area (Å²) >= 11 is 0. The quantitative estimate of drug-likeness (QED) is 0.935. The summed E-state index contributed by atoms with van der Waals surface area (Å²) < 4.78 is 4.72. The standard InChI is InChI=1S/C15H18N4O2.ClH/c1-16-13-3-2-8-19(9-13)15(20)12-6-4-11(5-7-12)14-17-10-21-18-14;/h4-7,10,13,16H,2-3,8-9H2,1H3;1H. The molecule has 1 aromatic carbocycles. The number of likely N-dealkylation sites (N-methyl/N-ethyl adjacent to an activating group) is 1. The second-order valence-corrected chi connectivity index (χ2v) is 5.21. The van der Waals surface area contributed by atoms with Gasteiger partial charge in [-0.05, 0) is 32.0 Å². The van der Waals surface area contributed by atoms with Gasteiger partial charge in [-0.15, -0.1) is 12.4 Å². The molecule has 1 aliphatic heterocycles. The Balaban J connectivity index is 0.00000176. The van der Waals surface area contributed by atoms with Gasteiger partial charge in [-0.2, -0.15) is 4.98 Å². The molecule has 1 N–H and O–H groups in total. The highest BCUT2D eigenvalue weighted by atomic mass is 35.5. The van der Waals surface area contributed by atoms with E-state index in [0.29, 0.717) is 17.4 Å². The van der Waals surface area contributed by atoms with Crippen molar-refractivity contribution in [3.05, 3.63) is 36.2 Å². The summed E-state index contributed by atoms with van der Waals surface area (Å²) in [5, 5.41) is 7.03. The smallest absolute Gasteiger partial charge is 0.253 e. The summed E-state index contributed by atoms with van der Waals surface area (Å²) in [4.78, 5) is 18.4. The van der Waals surface area contributed by atoms with Crippen molar-refractivity contribution in [3.8, 4) is 11.4 Å². The number of carbonyl (C=O) groups is 1. The third kappa shape index (κ3) is 3.45. The molecule has 0 radical (unpaired) electrons. The van der Waals surface area contributed by atoms with Gasteiger partial charge in [0.1, 0.15) is 0 Å². The molecule has 0 aliphatic carbocycles. The number of halogens is 1. The number of piperidine rings is 1. The number of rotatable bonds is 3. The Labute approximate surface area is 135 Å². The lowest BCUT2D eigenvalue weighted by molar-refractivity contribution is 0.0698. The highest BCUT2D eigenvalue weighted by Gasteiger charge is 2.23. The van der Waals surface area contributed by atoms with Crippen LogP contribution in [-0.2, 0) is 0 Å². The van der Waals surface area contributed by atoms with Crippen molar-refractivity contribution in [2.24, 2.45) is 0 Å². The van der Waals surface area contributed by atoms with Gasteiger partial charge in [-0.1, -0.05) is 17.3 Å². The fourth-order valence-electron chi connectivity index (χ4n) is 2.64. The van der Waals surface area contributed by atoms with E-state index in [-0.39, 0.29) is 18.3 Å². The van der Waals surface area contributed by atoms with Gasteiger partial charge in [0.25, 0.3) is 5.91 Å². The average Bonchev–Trinajstić information content (AvgIpc) is 3.09. The zero-order valence-corrected chi connectivity index (χ0v) is 13.2. The molecule has 1 unspecified atom stereocenters. The van der Waals surface area contributed by atoms with Gasteiger partial charge in [0.15, 0.2) is 0 Å². The number of hydrogen-bond donors (Lipinski definition) is 1. The van der Waals surface area contributed by atoms with E-state index in [1.807, 2.05) is 36.2 Å². The van der Waals surface area contributed by atoms with Crippen molar-refractivity contribution in [1.29, 1.82) is 0 Å². The van der Waals surface area contributed by atoms with Crippen LogP contribution in [0.1, 0.15) is 23.2 Å². The molecular formula is C15H19ClN4O2. The number of nitrogens with zero attached hydrogens (tertiary/aromatic N) is 3. The van der Waals surface area contributed by atoms with E-state index in [0.717, 1.165) is 31.5 Å². The molecule has 1 amide bonds. The number of aromatic nitrogens is 2. The van der Waals surface area contributed by atoms with Crippen LogP contribution in [0.25, 0.3) is 11.4 Å². The van der Waals surface area contributed by atoms with Gasteiger partial charge in [0.05, 0.1) is 0 Å². The van der Waals surface area contributed by atoms with Crippen LogP contribution in [0.3, 0.4) is 0 Å². The first-order chi connectivity index (χ1) is 10.3. The Hall–Kier alpha value is -1.92. The monoisotopic (exact) mass is 322 g/mol. The topological polar surface area (TPSA) is 71.3 Å². The number of benzene rings is 1. The molecular weight excluding hydrogens is 304 g/mol. The molecule has 7 heteroatoms. The number of hydrogen-bond acceptors (Lipinski definition) is 5. The lowest BCUT2D eigenvalue weighted by Crippen LogP contribution is -2.46. The van der Waals surface area contributed by atoms with Gasteiger partial charge in [-0.3, -0.25) is 4.79 Å². The summed E-state index contributed by atoms with van der Waals surface area (Å²) in [5.41, 5.74) is 1.53. The van der Waals surface area contributed by atoms with Crippen LogP contribution in [0.4, 0.5) is 0 Å². The maximum atomic E-state index is 12.5.